The molecule has 6 heteroatoms. The van der Waals surface area contributed by atoms with Crippen LogP contribution in [0.2, 0.25) is 0 Å². The zero-order valence-corrected chi connectivity index (χ0v) is 10.7. The number of nitrogens with one attached hydrogen (secondary N) is 1. The van der Waals surface area contributed by atoms with Gasteiger partial charge in [-0.25, -0.2) is 4.79 Å². The molecular formula is C11H18N2O3S. The highest BCUT2D eigenvalue weighted by atomic mass is 32.2. The number of fused-ring (bicyclic) bond motifs is 1. The van der Waals surface area contributed by atoms with Gasteiger partial charge < -0.3 is 15.3 Å². The van der Waals surface area contributed by atoms with E-state index in [1.165, 1.54) is 0 Å². The minimum Gasteiger partial charge on any atom is -0.481 e. The average Bonchev–Trinajstić information content (AvgIpc) is 2.77. The van der Waals surface area contributed by atoms with Crippen LogP contribution in [0.5, 0.6) is 0 Å². The van der Waals surface area contributed by atoms with Crippen LogP contribution in [0.1, 0.15) is 25.7 Å². The standard InChI is InChI=1S/C11H18N2O3S/c1-13-10-7(12-11(13)16)6-17-8(10)4-2-3-5-9(14)15/h7-8,10H,2-6H2,1H3,(H,12,16)(H,14,15)/t7?,8-,10?/m0/s1. The molecule has 5 nitrogen and oxygen atoms in total. The Balaban J connectivity index is 1.78. The van der Waals surface area contributed by atoms with E-state index < -0.39 is 5.97 Å². The first kappa shape index (κ1) is 12.5. The fourth-order valence-corrected chi connectivity index (χ4v) is 4.24. The summed E-state index contributed by atoms with van der Waals surface area (Å²) in [6.07, 6.45) is 2.90. The molecular weight excluding hydrogens is 240 g/mol. The summed E-state index contributed by atoms with van der Waals surface area (Å²) >= 11 is 1.90. The first-order valence-electron chi connectivity index (χ1n) is 5.96. The first-order chi connectivity index (χ1) is 8.09. The molecule has 0 spiro atoms. The van der Waals surface area contributed by atoms with Crippen molar-refractivity contribution in [2.24, 2.45) is 0 Å². The van der Waals surface area contributed by atoms with Gasteiger partial charge in [0.05, 0.1) is 12.1 Å². The lowest BCUT2D eigenvalue weighted by molar-refractivity contribution is -0.137. The molecule has 0 radical (unpaired) electrons. The van der Waals surface area contributed by atoms with E-state index >= 15 is 0 Å². The van der Waals surface area contributed by atoms with Crippen molar-refractivity contribution in [3.05, 3.63) is 0 Å². The summed E-state index contributed by atoms with van der Waals surface area (Å²) in [7, 11) is 1.84. The fourth-order valence-electron chi connectivity index (χ4n) is 2.60. The summed E-state index contributed by atoms with van der Waals surface area (Å²) in [5.74, 6) is 0.251. The molecule has 2 saturated heterocycles. The SMILES string of the molecule is CN1C(=O)NC2CS[C@@H](CCCCC(=O)O)C21. The van der Waals surface area contributed by atoms with Crippen molar-refractivity contribution in [3.63, 3.8) is 0 Å². The molecule has 2 N–H and O–H groups in total. The lowest BCUT2D eigenvalue weighted by Crippen LogP contribution is -2.38. The van der Waals surface area contributed by atoms with Crippen LogP contribution in [-0.2, 0) is 4.79 Å². The highest BCUT2D eigenvalue weighted by Gasteiger charge is 2.46. The molecule has 96 valence electrons. The van der Waals surface area contributed by atoms with Crippen molar-refractivity contribution in [2.75, 3.05) is 12.8 Å². The number of carboxylic acid groups (broad SMARTS) is 1. The molecule has 2 aliphatic rings. The Morgan fingerprint density at radius 3 is 3.06 bits per heavy atom. The van der Waals surface area contributed by atoms with Gasteiger partial charge >= 0.3 is 12.0 Å². The minimum atomic E-state index is -0.725. The van der Waals surface area contributed by atoms with Gasteiger partial charge in [-0.1, -0.05) is 6.42 Å². The largest absolute Gasteiger partial charge is 0.481 e. The second-order valence-electron chi connectivity index (χ2n) is 4.67. The number of thioether (sulfide) groups is 1. The van der Waals surface area contributed by atoms with Gasteiger partial charge in [-0.3, -0.25) is 4.79 Å². The molecule has 0 aromatic carbocycles. The minimum absolute atomic E-state index is 0.0239. The second-order valence-corrected chi connectivity index (χ2v) is 5.94. The summed E-state index contributed by atoms with van der Waals surface area (Å²) in [6.45, 7) is 0. The number of carbonyl (C=O) groups is 2. The maximum absolute atomic E-state index is 11.5. The number of hydrogen-bond acceptors (Lipinski definition) is 3. The summed E-state index contributed by atoms with van der Waals surface area (Å²) < 4.78 is 0. The zero-order valence-electron chi connectivity index (χ0n) is 9.89. The van der Waals surface area contributed by atoms with E-state index in [4.69, 9.17) is 5.11 Å². The lowest BCUT2D eigenvalue weighted by Gasteiger charge is -2.23. The van der Waals surface area contributed by atoms with E-state index in [2.05, 4.69) is 5.32 Å². The van der Waals surface area contributed by atoms with Crippen molar-refractivity contribution in [3.8, 4) is 0 Å². The highest BCUT2D eigenvalue weighted by molar-refractivity contribution is 8.00. The third kappa shape index (κ3) is 2.68. The van der Waals surface area contributed by atoms with Gasteiger partial charge in [0.2, 0.25) is 0 Å². The van der Waals surface area contributed by atoms with Gasteiger partial charge in [0.25, 0.3) is 0 Å². The number of urea groups is 1. The van der Waals surface area contributed by atoms with Gasteiger partial charge in [0, 0.05) is 24.5 Å². The number of nitrogens with zero attached hydrogens (tertiary/aromatic N) is 1. The van der Waals surface area contributed by atoms with Crippen LogP contribution in [0.3, 0.4) is 0 Å². The molecule has 2 amide bonds. The number of likely N-dealkylation sites (N-methyl/N-ethyl adjacent to an activating group) is 1. The van der Waals surface area contributed by atoms with Crippen molar-refractivity contribution < 1.29 is 14.7 Å². The summed E-state index contributed by atoms with van der Waals surface area (Å²) in [6, 6.07) is 0.593. The van der Waals surface area contributed by atoms with Crippen LogP contribution < -0.4 is 5.32 Å². The van der Waals surface area contributed by atoms with Gasteiger partial charge in [0.1, 0.15) is 0 Å². The van der Waals surface area contributed by atoms with Crippen LogP contribution >= 0.6 is 11.8 Å². The number of amides is 2. The van der Waals surface area contributed by atoms with E-state index in [1.807, 2.05) is 18.8 Å². The van der Waals surface area contributed by atoms with Crippen LogP contribution in [0.25, 0.3) is 0 Å². The predicted molar refractivity (Wildman–Crippen MR) is 66.2 cm³/mol. The maximum Gasteiger partial charge on any atom is 0.317 e. The Hall–Kier alpha value is -0.910. The fraction of sp³-hybridized carbons (Fsp3) is 0.818. The lowest BCUT2D eigenvalue weighted by atomic mass is 10.0. The van der Waals surface area contributed by atoms with Crippen molar-refractivity contribution >= 4 is 23.8 Å². The van der Waals surface area contributed by atoms with E-state index in [-0.39, 0.29) is 24.5 Å². The van der Waals surface area contributed by atoms with Crippen LogP contribution in [-0.4, -0.2) is 52.1 Å². The highest BCUT2D eigenvalue weighted by Crippen LogP contribution is 2.36. The summed E-state index contributed by atoms with van der Waals surface area (Å²) in [5.41, 5.74) is 0. The van der Waals surface area contributed by atoms with Crippen LogP contribution in [0, 0.1) is 0 Å². The molecule has 0 bridgehead atoms. The number of unbranched alkanes of at least 4 members (excludes halogenated alkanes) is 1. The molecule has 2 unspecified atom stereocenters. The number of carbonyl (C=O) groups excluding carboxylic acids is 1. The predicted octanol–water partition coefficient (Wildman–Crippen LogP) is 1.14. The third-order valence-corrected chi connectivity index (χ3v) is 4.98. The maximum atomic E-state index is 11.5. The van der Waals surface area contributed by atoms with E-state index in [0.29, 0.717) is 5.25 Å². The van der Waals surface area contributed by atoms with Crippen molar-refractivity contribution in [2.45, 2.75) is 43.0 Å². The Bertz CT molecular complexity index is 324. The number of aliphatic carboxylic acids is 1. The van der Waals surface area contributed by atoms with Gasteiger partial charge in [-0.15, -0.1) is 0 Å². The van der Waals surface area contributed by atoms with E-state index in [9.17, 15) is 9.59 Å². The first-order valence-corrected chi connectivity index (χ1v) is 7.01. The van der Waals surface area contributed by atoms with Crippen LogP contribution in [0.15, 0.2) is 0 Å². The molecule has 0 saturated carbocycles. The number of hydrogen-bond donors (Lipinski definition) is 2. The normalized spacial score (nSPS) is 31.5. The molecule has 2 heterocycles. The number of carboxylic acids is 1. The molecule has 0 aromatic heterocycles. The molecule has 2 rings (SSSR count). The Morgan fingerprint density at radius 1 is 1.59 bits per heavy atom. The molecule has 17 heavy (non-hydrogen) atoms. The molecule has 3 atom stereocenters. The third-order valence-electron chi connectivity index (χ3n) is 3.49. The van der Waals surface area contributed by atoms with E-state index in [0.717, 1.165) is 25.0 Å². The monoisotopic (exact) mass is 258 g/mol. The van der Waals surface area contributed by atoms with Crippen molar-refractivity contribution in [1.29, 1.82) is 0 Å². The topological polar surface area (TPSA) is 69.6 Å². The molecule has 0 aliphatic carbocycles. The van der Waals surface area contributed by atoms with Gasteiger partial charge in [-0.2, -0.15) is 11.8 Å². The summed E-state index contributed by atoms with van der Waals surface area (Å²) in [4.78, 5) is 23.7. The van der Waals surface area contributed by atoms with Gasteiger partial charge in [0.15, 0.2) is 0 Å². The number of rotatable bonds is 5. The molecule has 2 aliphatic heterocycles. The Morgan fingerprint density at radius 2 is 2.35 bits per heavy atom. The van der Waals surface area contributed by atoms with E-state index in [1.54, 1.807) is 4.90 Å². The second kappa shape index (κ2) is 5.16. The molecule has 0 aromatic rings. The average molecular weight is 258 g/mol. The molecule has 2 fully saturated rings. The quantitative estimate of drug-likeness (QED) is 0.573. The Labute approximate surface area is 105 Å². The van der Waals surface area contributed by atoms with Gasteiger partial charge in [-0.05, 0) is 12.8 Å². The summed E-state index contributed by atoms with van der Waals surface area (Å²) in [5, 5.41) is 12.0. The zero-order chi connectivity index (χ0) is 12.4. The van der Waals surface area contributed by atoms with Crippen LogP contribution in [0.4, 0.5) is 4.79 Å². The van der Waals surface area contributed by atoms with Crippen molar-refractivity contribution in [1.82, 2.24) is 10.2 Å². The smallest absolute Gasteiger partial charge is 0.317 e. The Kier molecular flexibility index (Phi) is 3.81.